The minimum atomic E-state index is -0.157. The lowest BCUT2D eigenvalue weighted by molar-refractivity contribution is -0.0481. The zero-order valence-electron chi connectivity index (χ0n) is 10.7. The Morgan fingerprint density at radius 2 is 2.00 bits per heavy atom. The summed E-state index contributed by atoms with van der Waals surface area (Å²) in [6.45, 7) is 6.46. The van der Waals surface area contributed by atoms with Crippen molar-refractivity contribution >= 4 is 11.8 Å². The molecule has 0 bridgehead atoms. The maximum absolute atomic E-state index is 9.63. The predicted octanol–water partition coefficient (Wildman–Crippen LogP) is 4.19. The van der Waals surface area contributed by atoms with Crippen molar-refractivity contribution in [2.75, 3.05) is 5.75 Å². The summed E-state index contributed by atoms with van der Waals surface area (Å²) in [6.07, 6.45) is 1.95. The van der Waals surface area contributed by atoms with E-state index in [9.17, 15) is 5.11 Å². The fourth-order valence-corrected chi connectivity index (χ4v) is 3.49. The Labute approximate surface area is 107 Å². The molecule has 2 rings (SSSR count). The maximum atomic E-state index is 9.63. The molecule has 1 heterocycles. The first kappa shape index (κ1) is 12.8. The number of thioether (sulfide) groups is 1. The van der Waals surface area contributed by atoms with Gasteiger partial charge in [0.1, 0.15) is 11.2 Å². The van der Waals surface area contributed by atoms with Crippen LogP contribution in [0.5, 0.6) is 5.75 Å². The number of aromatic hydroxyl groups is 1. The van der Waals surface area contributed by atoms with Gasteiger partial charge in [0.2, 0.25) is 0 Å². The van der Waals surface area contributed by atoms with E-state index in [0.29, 0.717) is 5.75 Å². The third-order valence-electron chi connectivity index (χ3n) is 3.57. The van der Waals surface area contributed by atoms with Crippen molar-refractivity contribution in [1.29, 1.82) is 0 Å². The average molecular weight is 252 g/mol. The van der Waals surface area contributed by atoms with Gasteiger partial charge in [0, 0.05) is 5.56 Å². The summed E-state index contributed by atoms with van der Waals surface area (Å²) in [6, 6.07) is 5.64. The molecular weight excluding hydrogens is 232 g/mol. The molecule has 1 aliphatic heterocycles. The lowest BCUT2D eigenvalue weighted by Gasteiger charge is -2.27. The summed E-state index contributed by atoms with van der Waals surface area (Å²) in [7, 11) is 0. The van der Waals surface area contributed by atoms with Crippen LogP contribution in [0.4, 0.5) is 0 Å². The third kappa shape index (κ3) is 2.06. The first-order valence-electron chi connectivity index (χ1n) is 6.29. The Hall–Kier alpha value is -0.670. The van der Waals surface area contributed by atoms with E-state index in [1.54, 1.807) is 17.8 Å². The molecule has 3 heteroatoms. The van der Waals surface area contributed by atoms with E-state index < -0.39 is 0 Å². The molecule has 2 nitrogen and oxygen atoms in total. The highest BCUT2D eigenvalue weighted by Crippen LogP contribution is 2.52. The van der Waals surface area contributed by atoms with Crippen molar-refractivity contribution in [2.45, 2.75) is 44.6 Å². The molecule has 1 aromatic rings. The molecule has 1 atom stereocenters. The molecule has 0 fully saturated rings. The normalized spacial score (nSPS) is 21.5. The van der Waals surface area contributed by atoms with E-state index >= 15 is 0 Å². The van der Waals surface area contributed by atoms with Crippen LogP contribution in [0, 0.1) is 0 Å². The highest BCUT2D eigenvalue weighted by molar-refractivity contribution is 7.99. The van der Waals surface area contributed by atoms with Crippen molar-refractivity contribution in [3.63, 3.8) is 0 Å². The summed E-state index contributed by atoms with van der Waals surface area (Å²) >= 11 is 1.79. The summed E-state index contributed by atoms with van der Waals surface area (Å²) in [4.78, 5) is 0. The number of hydrogen-bond donors (Lipinski definition) is 1. The standard InChI is InChI=1S/C14H20O2S/c1-4-14(5-2)12-8-7-10(15)9-11(12)13(16-14)17-6-3/h7-9,13,15H,4-6H2,1-3H3. The smallest absolute Gasteiger partial charge is 0.130 e. The molecule has 1 aliphatic rings. The summed E-state index contributed by atoms with van der Waals surface area (Å²) in [5.74, 6) is 1.35. The quantitative estimate of drug-likeness (QED) is 0.871. The van der Waals surface area contributed by atoms with Crippen LogP contribution >= 0.6 is 11.8 Å². The maximum Gasteiger partial charge on any atom is 0.130 e. The minimum Gasteiger partial charge on any atom is -0.508 e. The molecule has 0 amide bonds. The zero-order chi connectivity index (χ0) is 12.5. The molecule has 0 aliphatic carbocycles. The lowest BCUT2D eigenvalue weighted by atomic mass is 9.87. The van der Waals surface area contributed by atoms with E-state index in [0.717, 1.165) is 24.2 Å². The average Bonchev–Trinajstić information content (AvgIpc) is 2.64. The van der Waals surface area contributed by atoms with Crippen LogP contribution in [-0.4, -0.2) is 10.9 Å². The number of fused-ring (bicyclic) bond motifs is 1. The van der Waals surface area contributed by atoms with Gasteiger partial charge in [-0.1, -0.05) is 26.8 Å². The Morgan fingerprint density at radius 1 is 1.29 bits per heavy atom. The molecule has 0 spiro atoms. The van der Waals surface area contributed by atoms with Crippen molar-refractivity contribution < 1.29 is 9.84 Å². The highest BCUT2D eigenvalue weighted by atomic mass is 32.2. The van der Waals surface area contributed by atoms with Crippen LogP contribution in [0.25, 0.3) is 0 Å². The fourth-order valence-electron chi connectivity index (χ4n) is 2.56. The SMILES string of the molecule is CCSC1OC(CC)(CC)c2ccc(O)cc21. The molecule has 94 valence electrons. The molecule has 17 heavy (non-hydrogen) atoms. The third-order valence-corrected chi connectivity index (χ3v) is 4.56. The van der Waals surface area contributed by atoms with Gasteiger partial charge in [0.25, 0.3) is 0 Å². The van der Waals surface area contributed by atoms with E-state index in [-0.39, 0.29) is 11.0 Å². The molecule has 0 saturated carbocycles. The van der Waals surface area contributed by atoms with Crippen molar-refractivity contribution in [2.24, 2.45) is 0 Å². The van der Waals surface area contributed by atoms with Gasteiger partial charge >= 0.3 is 0 Å². The van der Waals surface area contributed by atoms with Crippen molar-refractivity contribution in [3.05, 3.63) is 29.3 Å². The minimum absolute atomic E-state index is 0.0713. The summed E-state index contributed by atoms with van der Waals surface area (Å²) in [5.41, 5.74) is 2.32. The second-order valence-electron chi connectivity index (χ2n) is 4.38. The van der Waals surface area contributed by atoms with Gasteiger partial charge in [-0.15, -0.1) is 11.8 Å². The number of ether oxygens (including phenoxy) is 1. The van der Waals surface area contributed by atoms with Crippen LogP contribution < -0.4 is 0 Å². The Kier molecular flexibility index (Phi) is 3.69. The van der Waals surface area contributed by atoms with Gasteiger partial charge in [0.05, 0.1) is 5.60 Å². The Balaban J connectivity index is 2.47. The fraction of sp³-hybridized carbons (Fsp3) is 0.571. The molecule has 1 aromatic carbocycles. The molecule has 0 radical (unpaired) electrons. The van der Waals surface area contributed by atoms with E-state index in [4.69, 9.17) is 4.74 Å². The molecule has 0 aromatic heterocycles. The van der Waals surface area contributed by atoms with Gasteiger partial charge < -0.3 is 9.84 Å². The molecule has 1 N–H and O–H groups in total. The molecule has 0 saturated heterocycles. The van der Waals surface area contributed by atoms with Gasteiger partial charge in [-0.3, -0.25) is 0 Å². The number of phenolic OH excluding ortho intramolecular Hbond substituents is 1. The monoisotopic (exact) mass is 252 g/mol. The van der Waals surface area contributed by atoms with Gasteiger partial charge in [0.15, 0.2) is 0 Å². The highest BCUT2D eigenvalue weighted by Gasteiger charge is 2.42. The van der Waals surface area contributed by atoms with E-state index in [1.165, 1.54) is 5.56 Å². The van der Waals surface area contributed by atoms with Gasteiger partial charge in [-0.25, -0.2) is 0 Å². The largest absolute Gasteiger partial charge is 0.508 e. The number of hydrogen-bond acceptors (Lipinski definition) is 3. The zero-order valence-corrected chi connectivity index (χ0v) is 11.5. The van der Waals surface area contributed by atoms with Crippen LogP contribution in [0.2, 0.25) is 0 Å². The summed E-state index contributed by atoms with van der Waals surface area (Å²) < 4.78 is 6.27. The summed E-state index contributed by atoms with van der Waals surface area (Å²) in [5, 5.41) is 9.63. The predicted molar refractivity (Wildman–Crippen MR) is 72.3 cm³/mol. The van der Waals surface area contributed by atoms with Crippen LogP contribution in [0.1, 0.15) is 50.2 Å². The van der Waals surface area contributed by atoms with Crippen LogP contribution in [-0.2, 0) is 10.3 Å². The Morgan fingerprint density at radius 3 is 2.59 bits per heavy atom. The first-order valence-corrected chi connectivity index (χ1v) is 7.34. The van der Waals surface area contributed by atoms with Gasteiger partial charge in [-0.2, -0.15) is 0 Å². The van der Waals surface area contributed by atoms with Crippen molar-refractivity contribution in [3.8, 4) is 5.75 Å². The van der Waals surface area contributed by atoms with E-state index in [2.05, 4.69) is 20.8 Å². The van der Waals surface area contributed by atoms with Crippen LogP contribution in [0.15, 0.2) is 18.2 Å². The van der Waals surface area contributed by atoms with Crippen molar-refractivity contribution in [1.82, 2.24) is 0 Å². The van der Waals surface area contributed by atoms with E-state index in [1.807, 2.05) is 12.1 Å². The molecular formula is C14H20O2S. The Bertz CT molecular complexity index is 399. The van der Waals surface area contributed by atoms with Gasteiger partial charge in [-0.05, 0) is 36.3 Å². The number of rotatable bonds is 4. The second-order valence-corrected chi connectivity index (χ2v) is 5.72. The second kappa shape index (κ2) is 4.91. The topological polar surface area (TPSA) is 29.5 Å². The first-order chi connectivity index (χ1) is 8.16. The van der Waals surface area contributed by atoms with Crippen LogP contribution in [0.3, 0.4) is 0 Å². The number of phenols is 1. The lowest BCUT2D eigenvalue weighted by Crippen LogP contribution is -2.23. The number of benzene rings is 1. The molecule has 1 unspecified atom stereocenters.